The van der Waals surface area contributed by atoms with Crippen LogP contribution in [0.1, 0.15) is 34.6 Å². The van der Waals surface area contributed by atoms with Gasteiger partial charge in [-0.25, -0.2) is 0 Å². The predicted molar refractivity (Wildman–Crippen MR) is 246 cm³/mol. The van der Waals surface area contributed by atoms with Crippen LogP contribution in [0.25, 0.3) is 32.7 Å². The van der Waals surface area contributed by atoms with Crippen molar-refractivity contribution in [2.24, 2.45) is 0 Å². The second kappa shape index (κ2) is 13.3. The van der Waals surface area contributed by atoms with Crippen LogP contribution >= 0.6 is 0 Å². The zero-order valence-electron chi connectivity index (χ0n) is 32.5. The Morgan fingerprint density at radius 3 is 1.54 bits per heavy atom. The van der Waals surface area contributed by atoms with Gasteiger partial charge < -0.3 is 9.80 Å². The summed E-state index contributed by atoms with van der Waals surface area (Å²) >= 11 is 0. The summed E-state index contributed by atoms with van der Waals surface area (Å²) in [6.45, 7) is 0. The summed E-state index contributed by atoms with van der Waals surface area (Å²) in [4.78, 5) is 4.94. The van der Waals surface area contributed by atoms with Crippen LogP contribution in [0.2, 0.25) is 0 Å². The number of hydrogen-bond acceptors (Lipinski definition) is 2. The lowest BCUT2D eigenvalue weighted by Crippen LogP contribution is -2.29. The van der Waals surface area contributed by atoms with E-state index in [1.165, 1.54) is 77.6 Å². The second-order valence-corrected chi connectivity index (χ2v) is 16.0. The van der Waals surface area contributed by atoms with Gasteiger partial charge in [0.05, 0.1) is 16.8 Å². The van der Waals surface area contributed by atoms with Crippen molar-refractivity contribution >= 4 is 50.0 Å². The van der Waals surface area contributed by atoms with E-state index in [-0.39, 0.29) is 5.92 Å². The van der Waals surface area contributed by atoms with E-state index < -0.39 is 5.41 Å². The van der Waals surface area contributed by atoms with Gasteiger partial charge in [-0.05, 0) is 111 Å². The maximum Gasteiger partial charge on any atom is 0.0686 e. The van der Waals surface area contributed by atoms with Crippen LogP contribution in [-0.4, -0.2) is 0 Å². The Morgan fingerprint density at radius 1 is 0.407 bits per heavy atom. The third-order valence-corrected chi connectivity index (χ3v) is 13.0. The largest absolute Gasteiger partial charge is 0.310 e. The van der Waals surface area contributed by atoms with Gasteiger partial charge in [-0.2, -0.15) is 0 Å². The minimum atomic E-state index is -0.481. The van der Waals surface area contributed by atoms with E-state index in [1.54, 1.807) is 0 Å². The van der Waals surface area contributed by atoms with Gasteiger partial charge in [0.1, 0.15) is 0 Å². The molecule has 0 fully saturated rings. The molecular weight excluding hydrogens is 713 g/mol. The van der Waals surface area contributed by atoms with Crippen LogP contribution in [0.4, 0.5) is 28.4 Å². The fraction of sp³-hybridized carbons (Fsp3) is 0.0526. The number of nitrogens with zero attached hydrogens (tertiary/aromatic N) is 2. The molecule has 0 N–H and O–H groups in total. The summed E-state index contributed by atoms with van der Waals surface area (Å²) in [5.41, 5.74) is 16.1. The van der Waals surface area contributed by atoms with Gasteiger partial charge in [-0.15, -0.1) is 0 Å². The highest BCUT2D eigenvalue weighted by atomic mass is 15.2. The first-order valence-electron chi connectivity index (χ1n) is 20.7. The van der Waals surface area contributed by atoms with Gasteiger partial charge in [-0.3, -0.25) is 0 Å². The number of para-hydroxylation sites is 2. The van der Waals surface area contributed by atoms with Gasteiger partial charge in [0.25, 0.3) is 0 Å². The quantitative estimate of drug-likeness (QED) is 0.167. The van der Waals surface area contributed by atoms with Crippen LogP contribution in [0, 0.1) is 0 Å². The molecule has 0 aliphatic heterocycles. The molecule has 1 unspecified atom stereocenters. The molecule has 0 amide bonds. The molecule has 278 valence electrons. The first-order chi connectivity index (χ1) is 29.3. The van der Waals surface area contributed by atoms with E-state index in [2.05, 4.69) is 234 Å². The molecular formula is C57H40N2. The molecule has 1 atom stereocenters. The Morgan fingerprint density at radius 2 is 0.915 bits per heavy atom. The first-order valence-corrected chi connectivity index (χ1v) is 20.7. The number of fused-ring (bicyclic) bond motifs is 12. The topological polar surface area (TPSA) is 6.48 Å². The lowest BCUT2D eigenvalue weighted by Gasteiger charge is -2.36. The number of allylic oxidation sites excluding steroid dienone is 3. The van der Waals surface area contributed by atoms with Crippen molar-refractivity contribution in [3.63, 3.8) is 0 Å². The Balaban J connectivity index is 1.12. The molecule has 9 aromatic rings. The highest BCUT2D eigenvalue weighted by Crippen LogP contribution is 2.66. The van der Waals surface area contributed by atoms with E-state index in [4.69, 9.17) is 0 Å². The number of anilines is 5. The number of rotatable bonds is 6. The molecule has 0 aromatic heterocycles. The van der Waals surface area contributed by atoms with Crippen LogP contribution in [-0.2, 0) is 5.41 Å². The molecule has 12 rings (SSSR count). The molecule has 1 spiro atoms. The zero-order valence-corrected chi connectivity index (χ0v) is 32.5. The summed E-state index contributed by atoms with van der Waals surface area (Å²) in [6, 6.07) is 78.3. The summed E-state index contributed by atoms with van der Waals surface area (Å²) in [5.74, 6) is 0.217. The van der Waals surface area contributed by atoms with Gasteiger partial charge in [0.15, 0.2) is 0 Å². The Labute approximate surface area is 345 Å². The van der Waals surface area contributed by atoms with E-state index >= 15 is 0 Å². The van der Waals surface area contributed by atoms with Crippen molar-refractivity contribution in [3.05, 3.63) is 258 Å². The maximum absolute atomic E-state index is 2.56. The van der Waals surface area contributed by atoms with Crippen molar-refractivity contribution < 1.29 is 0 Å². The first kappa shape index (κ1) is 33.7. The number of benzene rings is 9. The Bertz CT molecular complexity index is 3100. The van der Waals surface area contributed by atoms with Crippen LogP contribution in [0.3, 0.4) is 0 Å². The van der Waals surface area contributed by atoms with E-state index in [9.17, 15) is 0 Å². The van der Waals surface area contributed by atoms with Gasteiger partial charge in [0, 0.05) is 39.4 Å². The van der Waals surface area contributed by atoms with Crippen LogP contribution in [0.5, 0.6) is 0 Å². The molecule has 3 aliphatic carbocycles. The Hall–Kier alpha value is -7.42. The number of hydrogen-bond donors (Lipinski definition) is 0. The van der Waals surface area contributed by atoms with Gasteiger partial charge >= 0.3 is 0 Å². The van der Waals surface area contributed by atoms with Gasteiger partial charge in [-0.1, -0.05) is 170 Å². The van der Waals surface area contributed by atoms with Crippen molar-refractivity contribution in [1.82, 2.24) is 0 Å². The van der Waals surface area contributed by atoms with Crippen LogP contribution in [0.15, 0.2) is 236 Å². The fourth-order valence-electron chi connectivity index (χ4n) is 10.6. The predicted octanol–water partition coefficient (Wildman–Crippen LogP) is 14.9. The highest BCUT2D eigenvalue weighted by Gasteiger charge is 2.55. The smallest absolute Gasteiger partial charge is 0.0686 e. The minimum Gasteiger partial charge on any atom is -0.310 e. The van der Waals surface area contributed by atoms with Crippen molar-refractivity contribution in [2.75, 3.05) is 9.80 Å². The average Bonchev–Trinajstić information content (AvgIpc) is 3.77. The third kappa shape index (κ3) is 5.00. The third-order valence-electron chi connectivity index (χ3n) is 13.0. The molecule has 0 heterocycles. The molecule has 2 nitrogen and oxygen atoms in total. The lowest BCUT2D eigenvalue weighted by atomic mass is 9.68. The molecule has 0 saturated carbocycles. The SMILES string of the molecule is C1=C(N(c2ccccc2)c2cccc3ccccc23)C=C2C(C1)c1ccc(N(c3ccccc3)c3cccc4ccccc34)cc1C21c2ccccc2-c2ccccc21. The summed E-state index contributed by atoms with van der Waals surface area (Å²) in [6.07, 6.45) is 5.94. The Kier molecular flexibility index (Phi) is 7.61. The van der Waals surface area contributed by atoms with Crippen molar-refractivity contribution in [1.29, 1.82) is 0 Å². The van der Waals surface area contributed by atoms with E-state index in [1.807, 2.05) is 0 Å². The van der Waals surface area contributed by atoms with Gasteiger partial charge in [0.2, 0.25) is 0 Å². The molecule has 3 aliphatic rings. The lowest BCUT2D eigenvalue weighted by molar-refractivity contribution is 0.701. The monoisotopic (exact) mass is 752 g/mol. The van der Waals surface area contributed by atoms with Crippen LogP contribution < -0.4 is 9.80 Å². The normalized spacial score (nSPS) is 15.6. The average molecular weight is 753 g/mol. The molecule has 0 saturated heterocycles. The van der Waals surface area contributed by atoms with Crippen molar-refractivity contribution in [3.8, 4) is 11.1 Å². The van der Waals surface area contributed by atoms with E-state index in [0.29, 0.717) is 0 Å². The molecule has 59 heavy (non-hydrogen) atoms. The minimum absolute atomic E-state index is 0.217. The van der Waals surface area contributed by atoms with Crippen molar-refractivity contribution in [2.45, 2.75) is 17.8 Å². The summed E-state index contributed by atoms with van der Waals surface area (Å²) < 4.78 is 0. The molecule has 0 bridgehead atoms. The molecule has 2 heteroatoms. The maximum atomic E-state index is 2.56. The highest BCUT2D eigenvalue weighted by molar-refractivity contribution is 6.00. The molecule has 0 radical (unpaired) electrons. The standard InChI is InChI=1S/C57H40N2/c1-3-21-41(22-4-1)58(55-31-15-19-39-17-7-9-25-45(39)55)43-33-35-49-50-36-34-44(59(42-23-5-2-6-24-42)56-32-16-20-40-18-8-10-26-46(40)56)38-54(50)57(53(49)37-43)51-29-13-11-27-47(51)48-28-12-14-30-52(48)57/h1-35,37-38,50H,36H2. The fourth-order valence-corrected chi connectivity index (χ4v) is 10.6. The zero-order chi connectivity index (χ0) is 38.9. The summed E-state index contributed by atoms with van der Waals surface area (Å²) in [7, 11) is 0. The summed E-state index contributed by atoms with van der Waals surface area (Å²) in [5, 5.41) is 4.93. The van der Waals surface area contributed by atoms with E-state index in [0.717, 1.165) is 23.5 Å². The second-order valence-electron chi connectivity index (χ2n) is 16.0. The molecule has 9 aromatic carbocycles.